The lowest BCUT2D eigenvalue weighted by Crippen LogP contribution is -2.51. The second kappa shape index (κ2) is 11.5. The molecule has 2 N–H and O–H groups in total. The number of halogens is 1. The fraction of sp³-hybridized carbons (Fsp3) is 0.400. The quantitative estimate of drug-likeness (QED) is 0.529. The maximum absolute atomic E-state index is 13.5. The predicted octanol–water partition coefficient (Wildman–Crippen LogP) is 2.72. The highest BCUT2D eigenvalue weighted by Crippen LogP contribution is 2.34. The first kappa shape index (κ1) is 25.6. The minimum absolute atomic E-state index is 0.0547. The molecule has 2 atom stereocenters. The number of anilines is 2. The van der Waals surface area contributed by atoms with E-state index < -0.39 is 46.0 Å². The van der Waals surface area contributed by atoms with Crippen molar-refractivity contribution in [2.75, 3.05) is 28.5 Å². The van der Waals surface area contributed by atoms with Gasteiger partial charge in [-0.1, -0.05) is 12.8 Å². The molecule has 1 saturated carbocycles. The van der Waals surface area contributed by atoms with E-state index in [2.05, 4.69) is 10.6 Å². The number of amides is 3. The van der Waals surface area contributed by atoms with Crippen LogP contribution in [-0.2, 0) is 25.2 Å². The van der Waals surface area contributed by atoms with Gasteiger partial charge in [-0.25, -0.2) is 4.39 Å². The molecule has 1 heterocycles. The van der Waals surface area contributed by atoms with Crippen molar-refractivity contribution >= 4 is 39.9 Å². The first-order valence-electron chi connectivity index (χ1n) is 11.7. The lowest BCUT2D eigenvalue weighted by Gasteiger charge is -2.29. The lowest BCUT2D eigenvalue weighted by atomic mass is 10.1. The Kier molecular flexibility index (Phi) is 8.19. The molecule has 1 fully saturated rings. The molecule has 0 radical (unpaired) electrons. The number of rotatable bonds is 9. The molecule has 192 valence electrons. The molecule has 0 saturated heterocycles. The summed E-state index contributed by atoms with van der Waals surface area (Å²) < 4.78 is 36.7. The zero-order valence-corrected chi connectivity index (χ0v) is 20.6. The monoisotopic (exact) mass is 517 g/mol. The number of carbonyl (C=O) groups excluding carboxylic acids is 3. The number of hydrogen-bond donors (Lipinski definition) is 2. The summed E-state index contributed by atoms with van der Waals surface area (Å²) in [6.45, 7) is 1.67. The Bertz CT molecular complexity index is 1150. The van der Waals surface area contributed by atoms with E-state index in [0.29, 0.717) is 22.9 Å². The number of carbonyl (C=O) groups is 3. The van der Waals surface area contributed by atoms with Gasteiger partial charge in [0.2, 0.25) is 24.5 Å². The van der Waals surface area contributed by atoms with Crippen LogP contribution in [0.1, 0.15) is 32.6 Å². The SMILES string of the molecule is CC(C(=O)NC1CCCC1)N(C(=O)CS(=O)CC(=O)Nc1ccc2c(c1)OCO2)c1ccc(F)cc1. The second-order valence-electron chi connectivity index (χ2n) is 8.75. The highest BCUT2D eigenvalue weighted by atomic mass is 32.2. The summed E-state index contributed by atoms with van der Waals surface area (Å²) in [5, 5.41) is 5.59. The molecule has 0 spiro atoms. The van der Waals surface area contributed by atoms with Crippen molar-refractivity contribution in [1.82, 2.24) is 5.32 Å². The standard InChI is InChI=1S/C25H28FN3O6S/c1-16(25(32)28-18-4-2-3-5-18)29(20-9-6-17(26)7-10-20)24(31)14-36(33)13-23(30)27-19-8-11-21-22(12-19)35-15-34-21/h6-12,16,18H,2-5,13-15H2,1H3,(H,27,30)(H,28,32). The van der Waals surface area contributed by atoms with Crippen LogP contribution >= 0.6 is 0 Å². The predicted molar refractivity (Wildman–Crippen MR) is 133 cm³/mol. The van der Waals surface area contributed by atoms with Crippen molar-refractivity contribution in [2.45, 2.75) is 44.7 Å². The number of hydrogen-bond acceptors (Lipinski definition) is 6. The molecule has 4 rings (SSSR count). The highest BCUT2D eigenvalue weighted by molar-refractivity contribution is 7.86. The number of nitrogens with one attached hydrogen (secondary N) is 2. The van der Waals surface area contributed by atoms with Crippen LogP contribution in [0.3, 0.4) is 0 Å². The van der Waals surface area contributed by atoms with E-state index in [0.717, 1.165) is 25.7 Å². The van der Waals surface area contributed by atoms with Crippen molar-refractivity contribution in [2.24, 2.45) is 0 Å². The molecule has 2 aromatic carbocycles. The van der Waals surface area contributed by atoms with E-state index >= 15 is 0 Å². The summed E-state index contributed by atoms with van der Waals surface area (Å²) in [5.74, 6) is -1.82. The van der Waals surface area contributed by atoms with Crippen LogP contribution in [0.25, 0.3) is 0 Å². The second-order valence-corrected chi connectivity index (χ2v) is 10.2. The molecule has 2 aromatic rings. The zero-order chi connectivity index (χ0) is 25.7. The van der Waals surface area contributed by atoms with Gasteiger partial charge in [0.05, 0.1) is 0 Å². The fourth-order valence-electron chi connectivity index (χ4n) is 4.27. The molecule has 2 unspecified atom stereocenters. The van der Waals surface area contributed by atoms with Crippen molar-refractivity contribution < 1.29 is 32.5 Å². The van der Waals surface area contributed by atoms with E-state index in [1.54, 1.807) is 25.1 Å². The minimum Gasteiger partial charge on any atom is -0.454 e. The summed E-state index contributed by atoms with van der Waals surface area (Å²) in [5.41, 5.74) is 0.745. The maximum atomic E-state index is 13.5. The zero-order valence-electron chi connectivity index (χ0n) is 19.8. The number of benzene rings is 2. The van der Waals surface area contributed by atoms with Gasteiger partial charge in [-0.2, -0.15) is 0 Å². The first-order valence-corrected chi connectivity index (χ1v) is 13.2. The van der Waals surface area contributed by atoms with Gasteiger partial charge in [-0.05, 0) is 56.2 Å². The normalized spacial score (nSPS) is 16.3. The summed E-state index contributed by atoms with van der Waals surface area (Å²) in [7, 11) is -1.85. The molecule has 1 aliphatic heterocycles. The van der Waals surface area contributed by atoms with E-state index in [-0.39, 0.29) is 18.7 Å². The van der Waals surface area contributed by atoms with E-state index in [4.69, 9.17) is 9.47 Å². The van der Waals surface area contributed by atoms with Crippen molar-refractivity contribution in [3.63, 3.8) is 0 Å². The van der Waals surface area contributed by atoms with Gasteiger partial charge >= 0.3 is 0 Å². The fourth-order valence-corrected chi connectivity index (χ4v) is 5.15. The third-order valence-electron chi connectivity index (χ3n) is 6.07. The van der Waals surface area contributed by atoms with Gasteiger partial charge in [-0.15, -0.1) is 0 Å². The van der Waals surface area contributed by atoms with Crippen LogP contribution in [0.4, 0.5) is 15.8 Å². The smallest absolute Gasteiger partial charge is 0.243 e. The van der Waals surface area contributed by atoms with Crippen LogP contribution in [-0.4, -0.2) is 52.3 Å². The molecule has 11 heteroatoms. The molecule has 0 bridgehead atoms. The molecule has 36 heavy (non-hydrogen) atoms. The third kappa shape index (κ3) is 6.39. The Labute approximate surface area is 210 Å². The molecular formula is C25H28FN3O6S. The molecule has 9 nitrogen and oxygen atoms in total. The van der Waals surface area contributed by atoms with Crippen LogP contribution in [0.2, 0.25) is 0 Å². The Balaban J connectivity index is 1.39. The minimum atomic E-state index is -1.85. The van der Waals surface area contributed by atoms with Crippen LogP contribution < -0.4 is 25.0 Å². The molecular weight excluding hydrogens is 489 g/mol. The Morgan fingerprint density at radius 1 is 1.06 bits per heavy atom. The van der Waals surface area contributed by atoms with Crippen LogP contribution in [0.5, 0.6) is 11.5 Å². The molecule has 3 amide bonds. The lowest BCUT2D eigenvalue weighted by molar-refractivity contribution is -0.125. The largest absolute Gasteiger partial charge is 0.454 e. The molecule has 2 aliphatic rings. The summed E-state index contributed by atoms with van der Waals surface area (Å²) >= 11 is 0. The maximum Gasteiger partial charge on any atom is 0.243 e. The van der Waals surface area contributed by atoms with E-state index in [9.17, 15) is 23.0 Å². The van der Waals surface area contributed by atoms with Gasteiger partial charge < -0.3 is 20.1 Å². The van der Waals surface area contributed by atoms with Crippen LogP contribution in [0.15, 0.2) is 42.5 Å². The average Bonchev–Trinajstić information content (AvgIpc) is 3.51. The van der Waals surface area contributed by atoms with Crippen molar-refractivity contribution in [3.05, 3.63) is 48.3 Å². The van der Waals surface area contributed by atoms with Gasteiger partial charge in [0.25, 0.3) is 0 Å². The van der Waals surface area contributed by atoms with E-state index in [1.165, 1.54) is 29.2 Å². The van der Waals surface area contributed by atoms with Gasteiger partial charge in [-0.3, -0.25) is 23.5 Å². The van der Waals surface area contributed by atoms with E-state index in [1.807, 2.05) is 0 Å². The molecule has 0 aromatic heterocycles. The third-order valence-corrected chi connectivity index (χ3v) is 7.23. The molecule has 1 aliphatic carbocycles. The number of nitrogens with zero attached hydrogens (tertiary/aromatic N) is 1. The van der Waals surface area contributed by atoms with Crippen molar-refractivity contribution in [1.29, 1.82) is 0 Å². The summed E-state index contributed by atoms with van der Waals surface area (Å²) in [4.78, 5) is 39.7. The Hall–Kier alpha value is -3.47. The van der Waals surface area contributed by atoms with Crippen LogP contribution in [0, 0.1) is 5.82 Å². The Morgan fingerprint density at radius 3 is 2.47 bits per heavy atom. The van der Waals surface area contributed by atoms with Gasteiger partial charge in [0, 0.05) is 34.3 Å². The average molecular weight is 518 g/mol. The van der Waals surface area contributed by atoms with Crippen molar-refractivity contribution in [3.8, 4) is 11.5 Å². The van der Waals surface area contributed by atoms with Gasteiger partial charge in [0.15, 0.2) is 11.5 Å². The number of fused-ring (bicyclic) bond motifs is 1. The Morgan fingerprint density at radius 2 is 1.75 bits per heavy atom. The highest BCUT2D eigenvalue weighted by Gasteiger charge is 2.30. The number of ether oxygens (including phenoxy) is 2. The topological polar surface area (TPSA) is 114 Å². The summed E-state index contributed by atoms with van der Waals surface area (Å²) in [6, 6.07) is 9.16. The summed E-state index contributed by atoms with van der Waals surface area (Å²) in [6.07, 6.45) is 3.83. The van der Waals surface area contributed by atoms with Gasteiger partial charge in [0.1, 0.15) is 23.4 Å². The first-order chi connectivity index (χ1) is 17.3.